The van der Waals surface area contributed by atoms with Gasteiger partial charge in [-0.05, 0) is 42.7 Å². The summed E-state index contributed by atoms with van der Waals surface area (Å²) in [5.74, 6) is 2.53. The van der Waals surface area contributed by atoms with Gasteiger partial charge in [0.05, 0.1) is 13.4 Å². The predicted octanol–water partition coefficient (Wildman–Crippen LogP) is 3.22. The molecule has 0 spiro atoms. The molecule has 1 aromatic heterocycles. The second-order valence-corrected chi connectivity index (χ2v) is 5.51. The molecule has 0 radical (unpaired) electrons. The van der Waals surface area contributed by atoms with E-state index in [1.54, 1.807) is 20.4 Å². The largest absolute Gasteiger partial charge is 0.497 e. The molecule has 0 fully saturated rings. The van der Waals surface area contributed by atoms with Crippen molar-refractivity contribution in [1.82, 2.24) is 10.6 Å². The van der Waals surface area contributed by atoms with E-state index in [2.05, 4.69) is 27.8 Å². The van der Waals surface area contributed by atoms with Gasteiger partial charge in [0.1, 0.15) is 18.1 Å². The van der Waals surface area contributed by atoms with E-state index in [1.807, 2.05) is 24.3 Å². The van der Waals surface area contributed by atoms with Crippen molar-refractivity contribution < 1.29 is 13.9 Å². The van der Waals surface area contributed by atoms with Crippen molar-refractivity contribution >= 4 is 29.9 Å². The molecule has 2 aromatic rings. The molecule has 0 aliphatic rings. The highest BCUT2D eigenvalue weighted by Gasteiger charge is 1.99. The van der Waals surface area contributed by atoms with E-state index in [-0.39, 0.29) is 24.0 Å². The summed E-state index contributed by atoms with van der Waals surface area (Å²) in [4.78, 5) is 4.22. The number of hydrogen-bond acceptors (Lipinski definition) is 4. The van der Waals surface area contributed by atoms with Crippen molar-refractivity contribution in [2.75, 3.05) is 33.9 Å². The van der Waals surface area contributed by atoms with E-state index in [1.165, 1.54) is 5.56 Å². The first kappa shape index (κ1) is 22.3. The van der Waals surface area contributed by atoms with Crippen molar-refractivity contribution in [2.45, 2.75) is 19.4 Å². The number of ether oxygens (including phenoxy) is 2. The minimum Gasteiger partial charge on any atom is -0.497 e. The van der Waals surface area contributed by atoms with Gasteiger partial charge in [-0.15, -0.1) is 24.0 Å². The van der Waals surface area contributed by atoms with Gasteiger partial charge in [0.2, 0.25) is 0 Å². The molecule has 26 heavy (non-hydrogen) atoms. The van der Waals surface area contributed by atoms with Crippen LogP contribution in [0.1, 0.15) is 17.7 Å². The monoisotopic (exact) mass is 473 g/mol. The lowest BCUT2D eigenvalue weighted by atomic mass is 10.1. The Balaban J connectivity index is 0.00000338. The Morgan fingerprint density at radius 3 is 2.54 bits per heavy atom. The van der Waals surface area contributed by atoms with E-state index in [9.17, 15) is 0 Å². The number of benzene rings is 1. The van der Waals surface area contributed by atoms with Crippen LogP contribution in [0.25, 0.3) is 0 Å². The number of aliphatic imine (C=N–C) groups is 1. The number of methoxy groups -OCH3 is 1. The number of rotatable bonds is 10. The molecule has 0 aliphatic heterocycles. The maximum absolute atomic E-state index is 5.55. The van der Waals surface area contributed by atoms with Crippen molar-refractivity contribution in [1.29, 1.82) is 0 Å². The summed E-state index contributed by atoms with van der Waals surface area (Å²) in [5.41, 5.74) is 1.26. The molecule has 2 rings (SSSR count). The summed E-state index contributed by atoms with van der Waals surface area (Å²) in [6.45, 7) is 2.82. The highest BCUT2D eigenvalue weighted by Crippen LogP contribution is 2.11. The van der Waals surface area contributed by atoms with Crippen LogP contribution in [0.2, 0.25) is 0 Å². The highest BCUT2D eigenvalue weighted by atomic mass is 127. The summed E-state index contributed by atoms with van der Waals surface area (Å²) in [5, 5.41) is 6.59. The smallest absolute Gasteiger partial charge is 0.190 e. The first-order valence-corrected chi connectivity index (χ1v) is 8.49. The first-order chi connectivity index (χ1) is 12.3. The fourth-order valence-corrected chi connectivity index (χ4v) is 2.29. The van der Waals surface area contributed by atoms with Crippen molar-refractivity contribution in [3.8, 4) is 5.75 Å². The van der Waals surface area contributed by atoms with Crippen LogP contribution in [0, 0.1) is 0 Å². The van der Waals surface area contributed by atoms with Crippen LogP contribution >= 0.6 is 24.0 Å². The SMILES string of the molecule is CN=C(NCCCOCc1ccco1)NCCc1ccc(OC)cc1.I. The predicted molar refractivity (Wildman–Crippen MR) is 114 cm³/mol. The Hall–Kier alpha value is -1.74. The van der Waals surface area contributed by atoms with Gasteiger partial charge in [-0.25, -0.2) is 0 Å². The Kier molecular flexibility index (Phi) is 11.5. The summed E-state index contributed by atoms with van der Waals surface area (Å²) in [7, 11) is 3.45. The second-order valence-electron chi connectivity index (χ2n) is 5.51. The maximum atomic E-state index is 5.55. The van der Waals surface area contributed by atoms with Crippen LogP contribution < -0.4 is 15.4 Å². The Morgan fingerprint density at radius 1 is 1.12 bits per heavy atom. The Bertz CT molecular complexity index is 615. The molecule has 0 bridgehead atoms. The zero-order valence-electron chi connectivity index (χ0n) is 15.4. The normalized spacial score (nSPS) is 10.9. The van der Waals surface area contributed by atoms with E-state index in [0.717, 1.165) is 43.4 Å². The number of guanidine groups is 1. The lowest BCUT2D eigenvalue weighted by Crippen LogP contribution is -2.39. The third kappa shape index (κ3) is 8.57. The fourth-order valence-electron chi connectivity index (χ4n) is 2.29. The van der Waals surface area contributed by atoms with Crippen molar-refractivity contribution in [2.24, 2.45) is 4.99 Å². The molecule has 2 N–H and O–H groups in total. The molecule has 0 atom stereocenters. The van der Waals surface area contributed by atoms with Crippen LogP contribution in [0.3, 0.4) is 0 Å². The highest BCUT2D eigenvalue weighted by molar-refractivity contribution is 14.0. The topological polar surface area (TPSA) is 68.0 Å². The van der Waals surface area contributed by atoms with Gasteiger partial charge < -0.3 is 24.5 Å². The first-order valence-electron chi connectivity index (χ1n) is 8.49. The number of halogens is 1. The summed E-state index contributed by atoms with van der Waals surface area (Å²) in [6, 6.07) is 11.9. The van der Waals surface area contributed by atoms with E-state index < -0.39 is 0 Å². The van der Waals surface area contributed by atoms with Crippen LogP contribution in [0.5, 0.6) is 5.75 Å². The van der Waals surface area contributed by atoms with E-state index >= 15 is 0 Å². The molecular formula is C19H28IN3O3. The zero-order chi connectivity index (χ0) is 17.7. The summed E-state index contributed by atoms with van der Waals surface area (Å²) in [6.07, 6.45) is 3.48. The van der Waals surface area contributed by atoms with Gasteiger partial charge in [-0.1, -0.05) is 12.1 Å². The molecule has 1 aromatic carbocycles. The van der Waals surface area contributed by atoms with Gasteiger partial charge in [0, 0.05) is 26.7 Å². The van der Waals surface area contributed by atoms with Gasteiger partial charge in [0.25, 0.3) is 0 Å². The van der Waals surface area contributed by atoms with Crippen LogP contribution in [0.15, 0.2) is 52.1 Å². The third-order valence-corrected chi connectivity index (χ3v) is 3.67. The molecule has 144 valence electrons. The number of nitrogens with one attached hydrogen (secondary N) is 2. The molecule has 0 amide bonds. The fraction of sp³-hybridized carbons (Fsp3) is 0.421. The number of hydrogen-bond donors (Lipinski definition) is 2. The lowest BCUT2D eigenvalue weighted by Gasteiger charge is -2.12. The maximum Gasteiger partial charge on any atom is 0.190 e. The van der Waals surface area contributed by atoms with Crippen LogP contribution in [-0.2, 0) is 17.8 Å². The number of nitrogens with zero attached hydrogens (tertiary/aromatic N) is 1. The molecule has 0 aliphatic carbocycles. The minimum atomic E-state index is 0. The molecule has 0 saturated heterocycles. The quantitative estimate of drug-likeness (QED) is 0.240. The van der Waals surface area contributed by atoms with Gasteiger partial charge >= 0.3 is 0 Å². The summed E-state index contributed by atoms with van der Waals surface area (Å²) >= 11 is 0. The van der Waals surface area contributed by atoms with Gasteiger partial charge in [0.15, 0.2) is 5.96 Å². The Labute approximate surface area is 172 Å². The number of furan rings is 1. The molecule has 0 unspecified atom stereocenters. The molecule has 0 saturated carbocycles. The van der Waals surface area contributed by atoms with Crippen molar-refractivity contribution in [3.63, 3.8) is 0 Å². The lowest BCUT2D eigenvalue weighted by molar-refractivity contribution is 0.105. The molecule has 7 heteroatoms. The van der Waals surface area contributed by atoms with E-state index in [0.29, 0.717) is 13.2 Å². The average molecular weight is 473 g/mol. The molecule has 6 nitrogen and oxygen atoms in total. The van der Waals surface area contributed by atoms with Gasteiger partial charge in [-0.2, -0.15) is 0 Å². The average Bonchev–Trinajstić information content (AvgIpc) is 3.17. The Morgan fingerprint density at radius 2 is 1.88 bits per heavy atom. The standard InChI is InChI=1S/C19H27N3O3.HI/c1-20-19(21-11-4-13-24-15-18-5-3-14-25-18)22-12-10-16-6-8-17(23-2)9-7-16;/h3,5-9,14H,4,10-13,15H2,1-2H3,(H2,20,21,22);1H. The second kappa shape index (κ2) is 13.5. The minimum absolute atomic E-state index is 0. The summed E-state index contributed by atoms with van der Waals surface area (Å²) < 4.78 is 15.9. The molecule has 1 heterocycles. The van der Waals surface area contributed by atoms with E-state index in [4.69, 9.17) is 13.9 Å². The van der Waals surface area contributed by atoms with Crippen LogP contribution in [0.4, 0.5) is 0 Å². The van der Waals surface area contributed by atoms with Gasteiger partial charge in [-0.3, -0.25) is 4.99 Å². The van der Waals surface area contributed by atoms with Crippen molar-refractivity contribution in [3.05, 3.63) is 54.0 Å². The zero-order valence-corrected chi connectivity index (χ0v) is 17.7. The third-order valence-electron chi connectivity index (χ3n) is 3.67. The van der Waals surface area contributed by atoms with Crippen LogP contribution in [-0.4, -0.2) is 39.8 Å². The molecular weight excluding hydrogens is 445 g/mol.